The lowest BCUT2D eigenvalue weighted by Gasteiger charge is -2.04. The van der Waals surface area contributed by atoms with Crippen molar-refractivity contribution in [2.75, 3.05) is 6.54 Å². The van der Waals surface area contributed by atoms with Crippen LogP contribution in [0.5, 0.6) is 0 Å². The molecular formula is C9H16N2OS. The van der Waals surface area contributed by atoms with Gasteiger partial charge in [-0.05, 0) is 18.9 Å². The van der Waals surface area contributed by atoms with E-state index in [2.05, 4.69) is 24.1 Å². The molecule has 0 aliphatic rings. The molecule has 0 radical (unpaired) electrons. The summed E-state index contributed by atoms with van der Waals surface area (Å²) in [5.41, 5.74) is 0.985. The second-order valence-electron chi connectivity index (χ2n) is 3.53. The quantitative estimate of drug-likeness (QED) is 0.709. The molecule has 3 nitrogen and oxygen atoms in total. The summed E-state index contributed by atoms with van der Waals surface area (Å²) in [4.78, 5) is 13.6. The van der Waals surface area contributed by atoms with E-state index in [4.69, 9.17) is 0 Å². The fraction of sp³-hybridized carbons (Fsp3) is 0.667. The number of hydrogen-bond donors (Lipinski definition) is 2. The van der Waals surface area contributed by atoms with Crippen molar-refractivity contribution in [3.05, 3.63) is 20.7 Å². The number of rotatable bonds is 5. The molecule has 0 aromatic carbocycles. The van der Waals surface area contributed by atoms with Crippen LogP contribution in [0.2, 0.25) is 0 Å². The van der Waals surface area contributed by atoms with Crippen LogP contribution in [0, 0.1) is 5.92 Å². The van der Waals surface area contributed by atoms with Gasteiger partial charge in [-0.3, -0.25) is 4.79 Å². The zero-order valence-electron chi connectivity index (χ0n) is 8.09. The number of hydrogen-bond acceptors (Lipinski definition) is 3. The van der Waals surface area contributed by atoms with Crippen molar-refractivity contribution in [3.8, 4) is 0 Å². The fourth-order valence-corrected chi connectivity index (χ4v) is 1.60. The van der Waals surface area contributed by atoms with Crippen LogP contribution in [0.4, 0.5) is 0 Å². The van der Waals surface area contributed by atoms with Crippen molar-refractivity contribution < 1.29 is 0 Å². The maximum absolute atomic E-state index is 10.8. The second kappa shape index (κ2) is 5.19. The molecular weight excluding hydrogens is 184 g/mol. The Labute approximate surface area is 82.2 Å². The maximum Gasteiger partial charge on any atom is 0.304 e. The van der Waals surface area contributed by atoms with Crippen molar-refractivity contribution in [3.63, 3.8) is 0 Å². The summed E-state index contributed by atoms with van der Waals surface area (Å²) >= 11 is 1.22. The molecule has 74 valence electrons. The summed E-state index contributed by atoms with van der Waals surface area (Å²) < 4.78 is 0. The van der Waals surface area contributed by atoms with Gasteiger partial charge in [0.25, 0.3) is 0 Å². The SMILES string of the molecule is CC(C)CCNCc1csc(=O)[nH]1. The molecule has 1 aromatic heterocycles. The smallest absolute Gasteiger partial charge is 0.304 e. The number of thiazole rings is 1. The molecule has 4 heteroatoms. The number of aromatic nitrogens is 1. The van der Waals surface area contributed by atoms with E-state index in [9.17, 15) is 4.79 Å². The van der Waals surface area contributed by atoms with Crippen LogP contribution in [0.15, 0.2) is 10.2 Å². The lowest BCUT2D eigenvalue weighted by molar-refractivity contribution is 0.535. The average molecular weight is 200 g/mol. The Morgan fingerprint density at radius 2 is 2.38 bits per heavy atom. The van der Waals surface area contributed by atoms with Gasteiger partial charge in [-0.15, -0.1) is 0 Å². The van der Waals surface area contributed by atoms with Crippen LogP contribution < -0.4 is 10.2 Å². The topological polar surface area (TPSA) is 44.9 Å². The van der Waals surface area contributed by atoms with E-state index in [0.29, 0.717) is 0 Å². The summed E-state index contributed by atoms with van der Waals surface area (Å²) in [5, 5.41) is 5.15. The van der Waals surface area contributed by atoms with Crippen molar-refractivity contribution in [2.45, 2.75) is 26.8 Å². The standard InChI is InChI=1S/C9H16N2OS/c1-7(2)3-4-10-5-8-6-13-9(12)11-8/h6-7,10H,3-5H2,1-2H3,(H,11,12). The molecule has 0 unspecified atom stereocenters. The Kier molecular flexibility index (Phi) is 4.18. The van der Waals surface area contributed by atoms with E-state index in [1.165, 1.54) is 17.8 Å². The van der Waals surface area contributed by atoms with E-state index >= 15 is 0 Å². The lowest BCUT2D eigenvalue weighted by atomic mass is 10.1. The van der Waals surface area contributed by atoms with Gasteiger partial charge in [0, 0.05) is 17.6 Å². The molecule has 0 saturated heterocycles. The van der Waals surface area contributed by atoms with Gasteiger partial charge in [-0.25, -0.2) is 0 Å². The van der Waals surface area contributed by atoms with Gasteiger partial charge < -0.3 is 10.3 Å². The number of H-pyrrole nitrogens is 1. The molecule has 0 aliphatic carbocycles. The Bertz CT molecular complexity index is 290. The summed E-state index contributed by atoms with van der Waals surface area (Å²) in [5.74, 6) is 0.731. The van der Waals surface area contributed by atoms with Crippen LogP contribution in [0.1, 0.15) is 26.0 Å². The first-order valence-electron chi connectivity index (χ1n) is 4.56. The third kappa shape index (κ3) is 4.24. The van der Waals surface area contributed by atoms with Gasteiger partial charge in [-0.1, -0.05) is 25.2 Å². The Morgan fingerprint density at radius 3 is 2.92 bits per heavy atom. The molecule has 2 N–H and O–H groups in total. The number of nitrogens with one attached hydrogen (secondary N) is 2. The van der Waals surface area contributed by atoms with Crippen molar-refractivity contribution >= 4 is 11.3 Å². The van der Waals surface area contributed by atoms with E-state index < -0.39 is 0 Å². The molecule has 0 saturated carbocycles. The molecule has 1 aromatic rings. The first-order valence-corrected chi connectivity index (χ1v) is 5.44. The third-order valence-electron chi connectivity index (χ3n) is 1.78. The third-order valence-corrected chi connectivity index (χ3v) is 2.50. The highest BCUT2D eigenvalue weighted by Crippen LogP contribution is 1.98. The van der Waals surface area contributed by atoms with Crippen LogP contribution in [-0.4, -0.2) is 11.5 Å². The van der Waals surface area contributed by atoms with Crippen LogP contribution >= 0.6 is 11.3 Å². The zero-order valence-corrected chi connectivity index (χ0v) is 8.91. The lowest BCUT2D eigenvalue weighted by Crippen LogP contribution is -2.17. The Morgan fingerprint density at radius 1 is 1.62 bits per heavy atom. The van der Waals surface area contributed by atoms with Gasteiger partial charge >= 0.3 is 4.87 Å². The van der Waals surface area contributed by atoms with Crippen LogP contribution in [0.3, 0.4) is 0 Å². The molecule has 0 fully saturated rings. The predicted octanol–water partition coefficient (Wildman–Crippen LogP) is 1.57. The van der Waals surface area contributed by atoms with Crippen molar-refractivity contribution in [1.29, 1.82) is 0 Å². The second-order valence-corrected chi connectivity index (χ2v) is 4.37. The molecule has 13 heavy (non-hydrogen) atoms. The first-order chi connectivity index (χ1) is 6.18. The Balaban J connectivity index is 2.17. The molecule has 0 spiro atoms. The predicted molar refractivity (Wildman–Crippen MR) is 56.1 cm³/mol. The van der Waals surface area contributed by atoms with Crippen molar-refractivity contribution in [1.82, 2.24) is 10.3 Å². The molecule has 0 aliphatic heterocycles. The molecule has 0 amide bonds. The first kappa shape index (κ1) is 10.5. The summed E-state index contributed by atoms with van der Waals surface area (Å²) in [6.07, 6.45) is 1.17. The van der Waals surface area contributed by atoms with Crippen molar-refractivity contribution in [2.24, 2.45) is 5.92 Å². The minimum Gasteiger partial charge on any atom is -0.315 e. The fourth-order valence-electron chi connectivity index (χ4n) is 1.01. The summed E-state index contributed by atoms with van der Waals surface area (Å²) in [6, 6.07) is 0. The maximum atomic E-state index is 10.8. The van der Waals surface area contributed by atoms with Gasteiger partial charge in [0.2, 0.25) is 0 Å². The van der Waals surface area contributed by atoms with Crippen LogP contribution in [-0.2, 0) is 6.54 Å². The highest BCUT2D eigenvalue weighted by atomic mass is 32.1. The van der Waals surface area contributed by atoms with E-state index in [1.807, 2.05) is 5.38 Å². The van der Waals surface area contributed by atoms with Gasteiger partial charge in [-0.2, -0.15) is 0 Å². The summed E-state index contributed by atoms with van der Waals surface area (Å²) in [7, 11) is 0. The molecule has 0 atom stereocenters. The van der Waals surface area contributed by atoms with E-state index in [-0.39, 0.29) is 4.87 Å². The van der Waals surface area contributed by atoms with E-state index in [0.717, 1.165) is 24.7 Å². The van der Waals surface area contributed by atoms with Gasteiger partial charge in [0.05, 0.1) is 0 Å². The minimum atomic E-state index is 0.0284. The monoisotopic (exact) mass is 200 g/mol. The highest BCUT2D eigenvalue weighted by molar-refractivity contribution is 7.07. The molecule has 1 rings (SSSR count). The molecule has 0 bridgehead atoms. The minimum absolute atomic E-state index is 0.0284. The highest BCUT2D eigenvalue weighted by Gasteiger charge is 1.96. The number of aromatic amines is 1. The largest absolute Gasteiger partial charge is 0.315 e. The van der Waals surface area contributed by atoms with Crippen LogP contribution in [0.25, 0.3) is 0 Å². The van der Waals surface area contributed by atoms with E-state index in [1.54, 1.807) is 0 Å². The van der Waals surface area contributed by atoms with Gasteiger partial charge in [0.1, 0.15) is 0 Å². The summed E-state index contributed by atoms with van der Waals surface area (Å²) in [6.45, 7) is 6.18. The zero-order chi connectivity index (χ0) is 9.68. The van der Waals surface area contributed by atoms with Gasteiger partial charge in [0.15, 0.2) is 0 Å². The Hall–Kier alpha value is -0.610. The molecule has 1 heterocycles. The average Bonchev–Trinajstić information content (AvgIpc) is 2.45. The normalized spacial score (nSPS) is 11.0.